The molecule has 0 atom stereocenters. The topological polar surface area (TPSA) is 59.2 Å². The highest BCUT2D eigenvalue weighted by Crippen LogP contribution is 2.14. The number of hydrogen-bond acceptors (Lipinski definition) is 3. The molecule has 0 aliphatic carbocycles. The van der Waals surface area contributed by atoms with Gasteiger partial charge in [0.15, 0.2) is 0 Å². The maximum Gasteiger partial charge on any atom is 0.272 e. The molecule has 1 amide bonds. The Kier molecular flexibility index (Phi) is 5.28. The monoisotopic (exact) mass is 285 g/mol. The van der Waals surface area contributed by atoms with Crippen LogP contribution in [0.3, 0.4) is 0 Å². The molecule has 4 heteroatoms. The molecule has 0 spiro atoms. The van der Waals surface area contributed by atoms with Crippen LogP contribution in [0.5, 0.6) is 0 Å². The maximum atomic E-state index is 12.7. The lowest BCUT2D eigenvalue weighted by Crippen LogP contribution is -2.36. The number of pyridine rings is 1. The molecular weight excluding hydrogens is 262 g/mol. The predicted molar refractivity (Wildman–Crippen MR) is 86.2 cm³/mol. The molecule has 1 aromatic heterocycles. The third-order valence-corrected chi connectivity index (χ3v) is 3.32. The van der Waals surface area contributed by atoms with Crippen LogP contribution >= 0.6 is 0 Å². The van der Waals surface area contributed by atoms with Crippen LogP contribution in [0.2, 0.25) is 0 Å². The van der Waals surface area contributed by atoms with Crippen LogP contribution in [0.15, 0.2) is 36.4 Å². The fourth-order valence-electron chi connectivity index (χ4n) is 2.35. The lowest BCUT2D eigenvalue weighted by atomic mass is 10.1. The Balaban J connectivity index is 2.24. The summed E-state index contributed by atoms with van der Waals surface area (Å²) < 4.78 is 0. The van der Waals surface area contributed by atoms with E-state index in [1.165, 1.54) is 0 Å². The zero-order valence-electron chi connectivity index (χ0n) is 12.7. The fourth-order valence-corrected chi connectivity index (χ4v) is 2.35. The Morgan fingerprint density at radius 2 is 2.00 bits per heavy atom. The first-order valence-electron chi connectivity index (χ1n) is 7.47. The van der Waals surface area contributed by atoms with Crippen molar-refractivity contribution in [3.05, 3.63) is 42.1 Å². The molecular formula is C17H23N3O. The van der Waals surface area contributed by atoms with Crippen LogP contribution in [0, 0.1) is 5.92 Å². The lowest BCUT2D eigenvalue weighted by molar-refractivity contribution is 0.0729. The minimum Gasteiger partial charge on any atom is -0.337 e. The van der Waals surface area contributed by atoms with Crippen molar-refractivity contribution in [3.63, 3.8) is 0 Å². The molecule has 0 aliphatic heterocycles. The number of amides is 1. The van der Waals surface area contributed by atoms with Gasteiger partial charge in [-0.1, -0.05) is 38.1 Å². The number of nitrogens with two attached hydrogens (primary N) is 1. The second kappa shape index (κ2) is 7.18. The first-order valence-corrected chi connectivity index (χ1v) is 7.47. The van der Waals surface area contributed by atoms with E-state index in [2.05, 4.69) is 18.8 Å². The van der Waals surface area contributed by atoms with Crippen molar-refractivity contribution in [2.75, 3.05) is 19.6 Å². The molecule has 2 rings (SSSR count). The van der Waals surface area contributed by atoms with Crippen molar-refractivity contribution in [2.45, 2.75) is 20.3 Å². The smallest absolute Gasteiger partial charge is 0.272 e. The average Bonchev–Trinajstić information content (AvgIpc) is 2.50. The minimum atomic E-state index is -0.0112. The maximum absolute atomic E-state index is 12.7. The van der Waals surface area contributed by atoms with Gasteiger partial charge in [-0.2, -0.15) is 0 Å². The van der Waals surface area contributed by atoms with Crippen LogP contribution < -0.4 is 5.73 Å². The average molecular weight is 285 g/mol. The van der Waals surface area contributed by atoms with Gasteiger partial charge < -0.3 is 10.6 Å². The van der Waals surface area contributed by atoms with Crippen LogP contribution in [0.1, 0.15) is 30.8 Å². The van der Waals surface area contributed by atoms with E-state index in [1.807, 2.05) is 35.2 Å². The van der Waals surface area contributed by atoms with Crippen molar-refractivity contribution >= 4 is 16.8 Å². The summed E-state index contributed by atoms with van der Waals surface area (Å²) in [4.78, 5) is 19.0. The van der Waals surface area contributed by atoms with Crippen molar-refractivity contribution < 1.29 is 4.79 Å². The number of nitrogens with zero attached hydrogens (tertiary/aromatic N) is 2. The summed E-state index contributed by atoms with van der Waals surface area (Å²) >= 11 is 0. The van der Waals surface area contributed by atoms with E-state index in [0.29, 0.717) is 24.7 Å². The number of para-hydroxylation sites is 1. The molecule has 21 heavy (non-hydrogen) atoms. The number of rotatable bonds is 6. The van der Waals surface area contributed by atoms with Crippen LogP contribution in [0.25, 0.3) is 10.9 Å². The van der Waals surface area contributed by atoms with E-state index < -0.39 is 0 Å². The van der Waals surface area contributed by atoms with Gasteiger partial charge in [-0.05, 0) is 31.0 Å². The lowest BCUT2D eigenvalue weighted by Gasteiger charge is -2.24. The van der Waals surface area contributed by atoms with E-state index in [9.17, 15) is 4.79 Å². The summed E-state index contributed by atoms with van der Waals surface area (Å²) in [5.41, 5.74) is 6.93. The molecule has 1 heterocycles. The molecule has 0 saturated heterocycles. The van der Waals surface area contributed by atoms with Gasteiger partial charge in [0.05, 0.1) is 5.52 Å². The van der Waals surface area contributed by atoms with Gasteiger partial charge >= 0.3 is 0 Å². The zero-order valence-corrected chi connectivity index (χ0v) is 12.7. The van der Waals surface area contributed by atoms with Gasteiger partial charge in [0.2, 0.25) is 0 Å². The third kappa shape index (κ3) is 4.02. The van der Waals surface area contributed by atoms with Crippen molar-refractivity contribution in [3.8, 4) is 0 Å². The van der Waals surface area contributed by atoms with E-state index in [-0.39, 0.29) is 5.91 Å². The molecule has 0 saturated carbocycles. The molecule has 0 fully saturated rings. The number of fused-ring (bicyclic) bond motifs is 1. The molecule has 0 unspecified atom stereocenters. The summed E-state index contributed by atoms with van der Waals surface area (Å²) in [6.07, 6.45) is 0.812. The highest BCUT2D eigenvalue weighted by Gasteiger charge is 2.17. The van der Waals surface area contributed by atoms with Crippen molar-refractivity contribution in [2.24, 2.45) is 11.7 Å². The third-order valence-electron chi connectivity index (χ3n) is 3.32. The molecule has 2 aromatic rings. The fraction of sp³-hybridized carbons (Fsp3) is 0.412. The van der Waals surface area contributed by atoms with Gasteiger partial charge in [0.25, 0.3) is 5.91 Å². The molecule has 1 aromatic carbocycles. The van der Waals surface area contributed by atoms with E-state index >= 15 is 0 Å². The predicted octanol–water partition coefficient (Wildman–Crippen LogP) is 2.68. The van der Waals surface area contributed by atoms with Crippen molar-refractivity contribution in [1.29, 1.82) is 0 Å². The molecule has 0 bridgehead atoms. The normalized spacial score (nSPS) is 11.0. The van der Waals surface area contributed by atoms with Crippen LogP contribution in [-0.4, -0.2) is 35.4 Å². The quantitative estimate of drug-likeness (QED) is 0.887. The highest BCUT2D eigenvalue weighted by molar-refractivity contribution is 5.94. The summed E-state index contributed by atoms with van der Waals surface area (Å²) in [5, 5.41) is 1.05. The largest absolute Gasteiger partial charge is 0.337 e. The molecule has 0 radical (unpaired) electrons. The number of carbonyl (C=O) groups is 1. The molecule has 4 nitrogen and oxygen atoms in total. The Morgan fingerprint density at radius 1 is 1.24 bits per heavy atom. The number of carbonyl (C=O) groups excluding carboxylic acids is 1. The standard InChI is InChI=1S/C17H23N3O/c1-13(2)12-20(11-5-10-18)17(21)16-9-8-14-6-3-4-7-15(14)19-16/h3-4,6-9,13H,5,10-12,18H2,1-2H3. The Bertz CT molecular complexity index is 610. The molecule has 112 valence electrons. The minimum absolute atomic E-state index is 0.0112. The highest BCUT2D eigenvalue weighted by atomic mass is 16.2. The van der Waals surface area contributed by atoms with Gasteiger partial charge in [-0.25, -0.2) is 4.98 Å². The molecule has 0 aliphatic rings. The number of aromatic nitrogens is 1. The first-order chi connectivity index (χ1) is 10.1. The van der Waals surface area contributed by atoms with Gasteiger partial charge in [0.1, 0.15) is 5.69 Å². The van der Waals surface area contributed by atoms with E-state index in [1.54, 1.807) is 6.07 Å². The second-order valence-corrected chi connectivity index (χ2v) is 5.68. The van der Waals surface area contributed by atoms with E-state index in [0.717, 1.165) is 23.9 Å². The van der Waals surface area contributed by atoms with Crippen LogP contribution in [-0.2, 0) is 0 Å². The van der Waals surface area contributed by atoms with Gasteiger partial charge in [-0.15, -0.1) is 0 Å². The summed E-state index contributed by atoms with van der Waals surface area (Å²) in [7, 11) is 0. The Hall–Kier alpha value is -1.94. The summed E-state index contributed by atoms with van der Waals surface area (Å²) in [6.45, 7) is 6.22. The zero-order chi connectivity index (χ0) is 15.2. The summed E-state index contributed by atoms with van der Waals surface area (Å²) in [6, 6.07) is 11.6. The van der Waals surface area contributed by atoms with Crippen molar-refractivity contribution in [1.82, 2.24) is 9.88 Å². The number of hydrogen-bond donors (Lipinski definition) is 1. The summed E-state index contributed by atoms with van der Waals surface area (Å²) in [5.74, 6) is 0.412. The number of benzene rings is 1. The van der Waals surface area contributed by atoms with Gasteiger partial charge in [-0.3, -0.25) is 4.79 Å². The van der Waals surface area contributed by atoms with Gasteiger partial charge in [0, 0.05) is 18.5 Å². The van der Waals surface area contributed by atoms with E-state index in [4.69, 9.17) is 5.73 Å². The second-order valence-electron chi connectivity index (χ2n) is 5.68. The van der Waals surface area contributed by atoms with Crippen LogP contribution in [0.4, 0.5) is 0 Å². The first kappa shape index (κ1) is 15.4. The Labute approximate surface area is 126 Å². The SMILES string of the molecule is CC(C)CN(CCCN)C(=O)c1ccc2ccccc2n1. The Morgan fingerprint density at radius 3 is 2.71 bits per heavy atom. The molecule has 2 N–H and O–H groups in total.